The summed E-state index contributed by atoms with van der Waals surface area (Å²) in [6.45, 7) is 0. The minimum Gasteiger partial charge on any atom is -0.457 e. The van der Waals surface area contributed by atoms with Crippen molar-refractivity contribution in [2.75, 3.05) is 0 Å². The Morgan fingerprint density at radius 2 is 0.900 bits per heavy atom. The normalized spacial score (nSPS) is 13.3. The predicted molar refractivity (Wildman–Crippen MR) is 244 cm³/mol. The topological polar surface area (TPSA) is 47.9 Å². The standard InChI is InChI=1S/C56H33N3O/c1-2-12-34(13-3-1)48-30-28-37-26-27-38-29-31-49(58-55(38)54(37)57-48)35-22-24-36(25-23-35)53-43-33-47-42(32-41(43)40-15-5-9-19-50(40)59-53)39-14-4-6-16-44(39)56(47)45-17-7-10-20-51(45)60-52-21-11-8-18-46(52)56/h1-33H. The molecule has 1 aliphatic heterocycles. The first-order chi connectivity index (χ1) is 29.7. The van der Waals surface area contributed by atoms with Gasteiger partial charge in [-0.3, -0.25) is 0 Å². The number of hydrogen-bond acceptors (Lipinski definition) is 4. The first-order valence-corrected chi connectivity index (χ1v) is 20.4. The van der Waals surface area contributed by atoms with Crippen molar-refractivity contribution in [3.63, 3.8) is 0 Å². The number of rotatable bonds is 3. The highest BCUT2D eigenvalue weighted by Gasteiger charge is 2.51. The van der Waals surface area contributed by atoms with Gasteiger partial charge in [-0.1, -0.05) is 158 Å². The maximum atomic E-state index is 6.63. The van der Waals surface area contributed by atoms with Crippen LogP contribution in [-0.4, -0.2) is 15.0 Å². The lowest BCUT2D eigenvalue weighted by Crippen LogP contribution is -2.32. The number of ether oxygens (including phenoxy) is 1. The molecule has 4 heterocycles. The van der Waals surface area contributed by atoms with Crippen molar-refractivity contribution in [1.82, 2.24) is 15.0 Å². The number of hydrogen-bond donors (Lipinski definition) is 0. The Balaban J connectivity index is 1.00. The summed E-state index contributed by atoms with van der Waals surface area (Å²) in [4.78, 5) is 15.8. The molecule has 60 heavy (non-hydrogen) atoms. The van der Waals surface area contributed by atoms with Gasteiger partial charge in [0.15, 0.2) is 0 Å². The molecule has 1 spiro atoms. The highest BCUT2D eigenvalue weighted by molar-refractivity contribution is 6.14. The number of aromatic nitrogens is 3. The van der Waals surface area contributed by atoms with Crippen molar-refractivity contribution in [2.45, 2.75) is 5.41 Å². The molecule has 2 aliphatic rings. The summed E-state index contributed by atoms with van der Waals surface area (Å²) in [6, 6.07) is 71.2. The van der Waals surface area contributed by atoms with Crippen LogP contribution in [0.25, 0.3) is 88.4 Å². The van der Waals surface area contributed by atoms with Crippen molar-refractivity contribution in [1.29, 1.82) is 0 Å². The lowest BCUT2D eigenvalue weighted by molar-refractivity contribution is 0.436. The van der Waals surface area contributed by atoms with Gasteiger partial charge < -0.3 is 4.74 Å². The van der Waals surface area contributed by atoms with Gasteiger partial charge in [0, 0.05) is 49.4 Å². The highest BCUT2D eigenvalue weighted by Crippen LogP contribution is 2.62. The zero-order valence-electron chi connectivity index (χ0n) is 32.3. The number of fused-ring (bicyclic) bond motifs is 15. The van der Waals surface area contributed by atoms with E-state index < -0.39 is 5.41 Å². The smallest absolute Gasteiger partial charge is 0.132 e. The van der Waals surface area contributed by atoms with Crippen LogP contribution in [0, 0.1) is 0 Å². The van der Waals surface area contributed by atoms with E-state index >= 15 is 0 Å². The second-order valence-electron chi connectivity index (χ2n) is 15.9. The molecular weight excluding hydrogens is 731 g/mol. The van der Waals surface area contributed by atoms with Crippen LogP contribution < -0.4 is 4.74 Å². The van der Waals surface area contributed by atoms with Crippen molar-refractivity contribution in [3.05, 3.63) is 222 Å². The summed E-state index contributed by atoms with van der Waals surface area (Å²) >= 11 is 0. The number of benzene rings is 8. The maximum absolute atomic E-state index is 6.63. The summed E-state index contributed by atoms with van der Waals surface area (Å²) in [5.74, 6) is 1.77. The minimum atomic E-state index is -0.568. The maximum Gasteiger partial charge on any atom is 0.132 e. The van der Waals surface area contributed by atoms with Gasteiger partial charge in [-0.15, -0.1) is 0 Å². The van der Waals surface area contributed by atoms with Crippen molar-refractivity contribution >= 4 is 43.5 Å². The molecule has 0 saturated heterocycles. The molecule has 0 atom stereocenters. The third-order valence-corrected chi connectivity index (χ3v) is 12.7. The van der Waals surface area contributed by atoms with Crippen LogP contribution in [0.15, 0.2) is 200 Å². The Kier molecular flexibility index (Phi) is 6.90. The van der Waals surface area contributed by atoms with E-state index in [0.717, 1.165) is 94.5 Å². The lowest BCUT2D eigenvalue weighted by Gasteiger charge is -2.39. The van der Waals surface area contributed by atoms with Crippen molar-refractivity contribution < 1.29 is 4.74 Å². The molecule has 278 valence electrons. The van der Waals surface area contributed by atoms with Gasteiger partial charge in [0.1, 0.15) is 11.5 Å². The van der Waals surface area contributed by atoms with E-state index in [4.69, 9.17) is 19.7 Å². The Morgan fingerprint density at radius 1 is 0.350 bits per heavy atom. The molecule has 0 amide bonds. The molecule has 0 fully saturated rings. The van der Waals surface area contributed by atoms with E-state index in [1.54, 1.807) is 0 Å². The summed E-state index contributed by atoms with van der Waals surface area (Å²) in [6.07, 6.45) is 0. The Hall–Kier alpha value is -7.95. The molecule has 0 saturated carbocycles. The third kappa shape index (κ3) is 4.64. The molecule has 0 unspecified atom stereocenters. The van der Waals surface area contributed by atoms with Crippen molar-refractivity contribution in [3.8, 4) is 56.4 Å². The van der Waals surface area contributed by atoms with Crippen LogP contribution in [0.1, 0.15) is 22.3 Å². The fraction of sp³-hybridized carbons (Fsp3) is 0.0179. The predicted octanol–water partition coefficient (Wildman–Crippen LogP) is 14.0. The summed E-state index contributed by atoms with van der Waals surface area (Å²) < 4.78 is 6.63. The van der Waals surface area contributed by atoms with E-state index in [1.165, 1.54) is 27.6 Å². The van der Waals surface area contributed by atoms with Crippen LogP contribution in [0.2, 0.25) is 0 Å². The van der Waals surface area contributed by atoms with Gasteiger partial charge >= 0.3 is 0 Å². The molecule has 8 aromatic carbocycles. The van der Waals surface area contributed by atoms with Crippen LogP contribution >= 0.6 is 0 Å². The zero-order chi connectivity index (χ0) is 39.4. The van der Waals surface area contributed by atoms with Crippen LogP contribution in [0.3, 0.4) is 0 Å². The van der Waals surface area contributed by atoms with Gasteiger partial charge in [-0.05, 0) is 70.1 Å². The molecule has 4 heteroatoms. The van der Waals surface area contributed by atoms with E-state index in [0.29, 0.717) is 0 Å². The monoisotopic (exact) mass is 763 g/mol. The average Bonchev–Trinajstić information content (AvgIpc) is 3.60. The Labute approximate surface area is 346 Å². The van der Waals surface area contributed by atoms with Gasteiger partial charge in [-0.25, -0.2) is 15.0 Å². The second kappa shape index (κ2) is 12.5. The summed E-state index contributed by atoms with van der Waals surface area (Å²) in [5, 5.41) is 5.57. The van der Waals surface area contributed by atoms with Gasteiger partial charge in [0.25, 0.3) is 0 Å². The molecule has 13 rings (SSSR count). The van der Waals surface area contributed by atoms with E-state index in [-0.39, 0.29) is 0 Å². The average molecular weight is 764 g/mol. The summed E-state index contributed by atoms with van der Waals surface area (Å²) in [5.41, 5.74) is 15.5. The van der Waals surface area contributed by atoms with Crippen molar-refractivity contribution in [2.24, 2.45) is 0 Å². The van der Waals surface area contributed by atoms with Crippen LogP contribution in [0.5, 0.6) is 11.5 Å². The highest BCUT2D eigenvalue weighted by atomic mass is 16.5. The lowest BCUT2D eigenvalue weighted by atomic mass is 9.66. The zero-order valence-corrected chi connectivity index (χ0v) is 32.3. The van der Waals surface area contributed by atoms with E-state index in [2.05, 4.69) is 182 Å². The SMILES string of the molecule is c1ccc(-c2ccc3ccc4ccc(-c5ccc(-c6nc7ccccc7c7cc8c(cc67)C6(c7ccccc7Oc7ccccc76)c6ccccc6-8)cc5)nc4c3n2)cc1. The van der Waals surface area contributed by atoms with Gasteiger partial charge in [0.05, 0.1) is 39.0 Å². The summed E-state index contributed by atoms with van der Waals surface area (Å²) in [7, 11) is 0. The van der Waals surface area contributed by atoms with E-state index in [9.17, 15) is 0 Å². The van der Waals surface area contributed by atoms with Gasteiger partial charge in [-0.2, -0.15) is 0 Å². The second-order valence-corrected chi connectivity index (χ2v) is 15.9. The molecule has 0 bridgehead atoms. The first-order valence-electron chi connectivity index (χ1n) is 20.4. The molecule has 0 radical (unpaired) electrons. The fourth-order valence-electron chi connectivity index (χ4n) is 10.0. The Bertz CT molecular complexity index is 3530. The molecule has 0 N–H and O–H groups in total. The quantitative estimate of drug-likeness (QED) is 0.168. The third-order valence-electron chi connectivity index (χ3n) is 12.7. The first kappa shape index (κ1) is 33.1. The van der Waals surface area contributed by atoms with Crippen LogP contribution in [-0.2, 0) is 5.41 Å². The number of pyridine rings is 3. The molecule has 11 aromatic rings. The number of nitrogens with zero attached hydrogens (tertiary/aromatic N) is 3. The number of para-hydroxylation sites is 3. The Morgan fingerprint density at radius 3 is 1.60 bits per heavy atom. The minimum absolute atomic E-state index is 0.568. The van der Waals surface area contributed by atoms with E-state index in [1.807, 2.05) is 18.2 Å². The van der Waals surface area contributed by atoms with Gasteiger partial charge in [0.2, 0.25) is 0 Å². The molecular formula is C56H33N3O. The molecule has 4 nitrogen and oxygen atoms in total. The largest absolute Gasteiger partial charge is 0.457 e. The van der Waals surface area contributed by atoms with Crippen LogP contribution in [0.4, 0.5) is 0 Å². The molecule has 3 aromatic heterocycles. The fourth-order valence-corrected chi connectivity index (χ4v) is 10.0. The molecule has 1 aliphatic carbocycles.